The van der Waals surface area contributed by atoms with Gasteiger partial charge in [0.25, 0.3) is 0 Å². The molecule has 1 spiro atoms. The minimum Gasteiger partial charge on any atom is -0.491 e. The maximum Gasteiger partial charge on any atom is 0.329 e. The Bertz CT molecular complexity index is 2740. The lowest BCUT2D eigenvalue weighted by Crippen LogP contribution is -2.55. The highest BCUT2D eigenvalue weighted by Gasteiger charge is 2.75. The summed E-state index contributed by atoms with van der Waals surface area (Å²) >= 11 is 0. The number of carbonyl (C=O) groups excluding carboxylic acids is 4. The number of cyclic esters (lactones) is 1. The third-order valence-electron chi connectivity index (χ3n) is 13.6. The van der Waals surface area contributed by atoms with Crippen LogP contribution in [0.2, 0.25) is 0 Å². The van der Waals surface area contributed by atoms with Crippen LogP contribution in [0.5, 0.6) is 5.75 Å². The molecular formula is C54H51N5O8. The van der Waals surface area contributed by atoms with Crippen LogP contribution < -0.4 is 25.2 Å². The largest absolute Gasteiger partial charge is 0.491 e. The van der Waals surface area contributed by atoms with Gasteiger partial charge in [0.1, 0.15) is 29.9 Å². The van der Waals surface area contributed by atoms with Crippen LogP contribution in [0.15, 0.2) is 164 Å². The quantitative estimate of drug-likeness (QED) is 0.111. The average molecular weight is 898 g/mol. The van der Waals surface area contributed by atoms with Gasteiger partial charge >= 0.3 is 12.0 Å². The van der Waals surface area contributed by atoms with E-state index in [1.807, 2.05) is 139 Å². The van der Waals surface area contributed by atoms with E-state index >= 15 is 14.4 Å². The van der Waals surface area contributed by atoms with Gasteiger partial charge in [-0.05, 0) is 77.2 Å². The molecule has 13 nitrogen and oxygen atoms in total. The van der Waals surface area contributed by atoms with E-state index in [1.165, 1.54) is 0 Å². The molecular weight excluding hydrogens is 847 g/mol. The second-order valence-electron chi connectivity index (χ2n) is 17.3. The Hall–Kier alpha value is -7.32. The molecule has 7 atom stereocenters. The summed E-state index contributed by atoms with van der Waals surface area (Å²) < 4.78 is 18.0. The lowest BCUT2D eigenvalue weighted by atomic mass is 9.65. The zero-order valence-corrected chi connectivity index (χ0v) is 36.9. The number of nitrogens with one attached hydrogen (secondary N) is 2. The molecule has 4 heterocycles. The topological polar surface area (TPSA) is 150 Å². The number of esters is 1. The van der Waals surface area contributed by atoms with E-state index in [2.05, 4.69) is 15.5 Å². The zero-order chi connectivity index (χ0) is 46.1. The van der Waals surface area contributed by atoms with Crippen LogP contribution in [-0.2, 0) is 29.3 Å². The molecule has 0 aliphatic carbocycles. The second kappa shape index (κ2) is 18.5. The van der Waals surface area contributed by atoms with Crippen molar-refractivity contribution in [3.63, 3.8) is 0 Å². The number of nitrogens with zero attached hydrogens (tertiary/aromatic N) is 3. The fourth-order valence-corrected chi connectivity index (χ4v) is 10.6. The molecule has 0 unspecified atom stereocenters. The molecule has 0 bridgehead atoms. The van der Waals surface area contributed by atoms with Crippen molar-refractivity contribution in [1.29, 1.82) is 0 Å². The van der Waals surface area contributed by atoms with E-state index in [4.69, 9.17) is 14.2 Å². The third kappa shape index (κ3) is 7.78. The summed E-state index contributed by atoms with van der Waals surface area (Å²) in [6.45, 7) is 4.40. The van der Waals surface area contributed by atoms with Gasteiger partial charge in [-0.3, -0.25) is 19.3 Å². The molecule has 3 N–H and O–H groups in total. The Labute approximate surface area is 388 Å². The van der Waals surface area contributed by atoms with Crippen LogP contribution in [0.25, 0.3) is 0 Å². The van der Waals surface area contributed by atoms with E-state index in [9.17, 15) is 9.90 Å². The van der Waals surface area contributed by atoms with Crippen molar-refractivity contribution in [1.82, 2.24) is 10.2 Å². The first-order valence-electron chi connectivity index (χ1n) is 22.7. The van der Waals surface area contributed by atoms with E-state index in [0.717, 1.165) is 40.4 Å². The average Bonchev–Trinajstić information content (AvgIpc) is 3.84. The Morgan fingerprint density at radius 3 is 2.04 bits per heavy atom. The highest BCUT2D eigenvalue weighted by molar-refractivity contribution is 6.25. The molecule has 10 rings (SSSR count). The standard InChI is InChI=1S/C54H51N5O8/c1-35(36-13-5-2-6-14-36)55-53(64)58-44-20-12-11-19-43(44)54(52(58)63)45(50(61)56-40-23-25-41(26-24-40)57-29-32-65-33-30-57)47-51(62)67-48(38-17-9-4-10-18-38)46(37-15-7-3-8-16-37)59(47)49(54)39-21-27-42(28-22-39)66-34-31-60/h2-28,35,45-49,60H,29-34H2,1H3,(H,55,64)(H,56,61)/t35-,45+,46+,47+,48-,49-,54+/m1/s1. The molecule has 0 radical (unpaired) electrons. The molecule has 0 aromatic heterocycles. The number of urea groups is 1. The van der Waals surface area contributed by atoms with E-state index < -0.39 is 65.4 Å². The van der Waals surface area contributed by atoms with Gasteiger partial charge in [0.2, 0.25) is 11.8 Å². The van der Waals surface area contributed by atoms with Crippen LogP contribution >= 0.6 is 0 Å². The maximum absolute atomic E-state index is 16.4. The van der Waals surface area contributed by atoms with Gasteiger partial charge in [-0.2, -0.15) is 0 Å². The highest BCUT2D eigenvalue weighted by atomic mass is 16.6. The number of rotatable bonds is 11. The van der Waals surface area contributed by atoms with Crippen molar-refractivity contribution < 1.29 is 38.5 Å². The Morgan fingerprint density at radius 2 is 1.37 bits per heavy atom. The number of hydrogen-bond donors (Lipinski definition) is 3. The number of anilines is 3. The molecule has 3 saturated heterocycles. The Morgan fingerprint density at radius 1 is 0.746 bits per heavy atom. The van der Waals surface area contributed by atoms with E-state index in [0.29, 0.717) is 41.5 Å². The highest BCUT2D eigenvalue weighted by Crippen LogP contribution is 2.66. The number of aliphatic hydroxyl groups is 1. The number of para-hydroxylation sites is 1. The first kappa shape index (κ1) is 43.6. The van der Waals surface area contributed by atoms with Crippen molar-refractivity contribution in [3.8, 4) is 5.75 Å². The predicted molar refractivity (Wildman–Crippen MR) is 252 cm³/mol. The number of morpholine rings is 2. The maximum atomic E-state index is 16.4. The van der Waals surface area contributed by atoms with Crippen LogP contribution in [-0.4, -0.2) is 79.4 Å². The number of benzene rings is 6. The van der Waals surface area contributed by atoms with Crippen molar-refractivity contribution >= 4 is 40.9 Å². The fraction of sp³-hybridized carbons (Fsp3) is 0.259. The first-order chi connectivity index (χ1) is 32.8. The summed E-state index contributed by atoms with van der Waals surface area (Å²) in [7, 11) is 0. The number of imide groups is 1. The number of carbonyl (C=O) groups is 4. The molecule has 4 aliphatic heterocycles. The smallest absolute Gasteiger partial charge is 0.329 e. The lowest BCUT2D eigenvalue weighted by molar-refractivity contribution is -0.177. The van der Waals surface area contributed by atoms with Crippen LogP contribution in [0.1, 0.15) is 59.0 Å². The van der Waals surface area contributed by atoms with Crippen LogP contribution in [0.3, 0.4) is 0 Å². The van der Waals surface area contributed by atoms with E-state index in [1.54, 1.807) is 36.4 Å². The number of fused-ring (bicyclic) bond motifs is 3. The first-order valence-corrected chi connectivity index (χ1v) is 22.7. The monoisotopic (exact) mass is 897 g/mol. The summed E-state index contributed by atoms with van der Waals surface area (Å²) in [5, 5.41) is 15.8. The van der Waals surface area contributed by atoms with Crippen molar-refractivity contribution in [2.45, 2.75) is 42.6 Å². The molecule has 6 aromatic carbocycles. The molecule has 0 saturated carbocycles. The van der Waals surface area contributed by atoms with Gasteiger partial charge in [0.15, 0.2) is 0 Å². The molecule has 6 aromatic rings. The van der Waals surface area contributed by atoms with Gasteiger partial charge in [0.05, 0.1) is 49.6 Å². The van der Waals surface area contributed by atoms with Gasteiger partial charge < -0.3 is 34.9 Å². The minimum absolute atomic E-state index is 0.0641. The molecule has 340 valence electrons. The van der Waals surface area contributed by atoms with Crippen LogP contribution in [0.4, 0.5) is 21.9 Å². The summed E-state index contributed by atoms with van der Waals surface area (Å²) in [6, 6.07) is 46.0. The zero-order valence-electron chi connectivity index (χ0n) is 36.9. The van der Waals surface area contributed by atoms with Crippen molar-refractivity contribution in [2.24, 2.45) is 5.92 Å². The SMILES string of the molecule is C[C@@H](NC(=O)N1C(=O)[C@@]2(c3ccccc31)[C@H](C(=O)Nc1ccc(N3CCOCC3)cc1)[C@H]1C(=O)O[C@H](c3ccccc3)[C@H](c3ccccc3)N1[C@@H]2c1ccc(OCCO)cc1)c1ccccc1. The van der Waals surface area contributed by atoms with Gasteiger partial charge in [0, 0.05) is 24.5 Å². The molecule has 13 heteroatoms. The van der Waals surface area contributed by atoms with E-state index in [-0.39, 0.29) is 13.2 Å². The number of amides is 4. The van der Waals surface area contributed by atoms with Gasteiger partial charge in [-0.1, -0.05) is 121 Å². The van der Waals surface area contributed by atoms with Gasteiger partial charge in [-0.15, -0.1) is 0 Å². The van der Waals surface area contributed by atoms with Gasteiger partial charge in [-0.25, -0.2) is 9.69 Å². The summed E-state index contributed by atoms with van der Waals surface area (Å²) in [6.07, 6.45) is -0.869. The lowest BCUT2D eigenvalue weighted by Gasteiger charge is -2.46. The molecule has 4 aliphatic rings. The van der Waals surface area contributed by atoms with Crippen molar-refractivity contribution in [2.75, 3.05) is 54.6 Å². The molecule has 67 heavy (non-hydrogen) atoms. The summed E-state index contributed by atoms with van der Waals surface area (Å²) in [5.74, 6) is -2.91. The molecule has 4 amide bonds. The predicted octanol–water partition coefficient (Wildman–Crippen LogP) is 7.67. The second-order valence-corrected chi connectivity index (χ2v) is 17.3. The fourth-order valence-electron chi connectivity index (χ4n) is 10.6. The number of ether oxygens (including phenoxy) is 3. The normalized spacial score (nSPS) is 23.8. The number of aliphatic hydroxyl groups excluding tert-OH is 1. The van der Waals surface area contributed by atoms with Crippen LogP contribution in [0, 0.1) is 5.92 Å². The molecule has 3 fully saturated rings. The van der Waals surface area contributed by atoms with Crippen molar-refractivity contribution in [3.05, 3.63) is 192 Å². The minimum atomic E-state index is -1.91. The summed E-state index contributed by atoms with van der Waals surface area (Å²) in [5.41, 5.74) is 3.20. The Kier molecular flexibility index (Phi) is 12.0. The summed E-state index contributed by atoms with van der Waals surface area (Å²) in [4.78, 5) is 67.8. The Balaban J connectivity index is 1.18. The number of hydrogen-bond acceptors (Lipinski definition) is 10. The third-order valence-corrected chi connectivity index (χ3v) is 13.6.